The Kier molecular flexibility index (Phi) is 29.8. The number of rotatable bonds is 26. The molecule has 8 N–H and O–H groups in total. The molecule has 4 fully saturated rings. The van der Waals surface area contributed by atoms with Crippen molar-refractivity contribution in [3.8, 4) is 0 Å². The number of fused-ring (bicyclic) bond motifs is 1. The van der Waals surface area contributed by atoms with Crippen molar-refractivity contribution in [2.24, 2.45) is 15.0 Å². The topological polar surface area (TPSA) is 436 Å². The van der Waals surface area contributed by atoms with Crippen LogP contribution >= 0.6 is 11.8 Å². The summed E-state index contributed by atoms with van der Waals surface area (Å²) < 4.78 is 132. The van der Waals surface area contributed by atoms with Crippen LogP contribution in [0.25, 0.3) is 0 Å². The summed E-state index contributed by atoms with van der Waals surface area (Å²) in [4.78, 5) is 23.2. The Morgan fingerprint density at radius 3 is 1.93 bits per heavy atom. The number of nitrogens with one attached hydrogen (secondary N) is 2. The van der Waals surface area contributed by atoms with Gasteiger partial charge in [-0.05, 0) is 63.1 Å². The van der Waals surface area contributed by atoms with Gasteiger partial charge in [0, 0.05) is 17.5 Å². The smallest absolute Gasteiger partial charge is 0.862 e. The number of aliphatic hydroxyl groups is 3. The second-order valence-corrected chi connectivity index (χ2v) is 19.3. The van der Waals surface area contributed by atoms with E-state index in [4.69, 9.17) is 23.5 Å². The number of amides is 2. The first kappa shape index (κ1) is 65.4. The summed E-state index contributed by atoms with van der Waals surface area (Å²) in [6.45, 7) is -2.17. The Morgan fingerprint density at radius 1 is 0.746 bits per heavy atom. The van der Waals surface area contributed by atoms with E-state index in [1.165, 1.54) is 0 Å². The van der Waals surface area contributed by atoms with Crippen molar-refractivity contribution in [2.75, 3.05) is 38.7 Å². The van der Waals surface area contributed by atoms with E-state index in [0.717, 1.165) is 25.5 Å². The van der Waals surface area contributed by atoms with Gasteiger partial charge in [0.1, 0.15) is 48.8 Å². The first-order chi connectivity index (χ1) is 29.9. The fraction of sp³-hybridized carbons (Fsp3) is 0.875. The number of carbonyl (C=O) groups excluding carboxylic acids is 1. The van der Waals surface area contributed by atoms with Crippen LogP contribution in [0.15, 0.2) is 15.0 Å². The molecule has 370 valence electrons. The molecule has 4 aliphatic heterocycles. The first-order valence-corrected chi connectivity index (χ1v) is 24.9. The van der Waals surface area contributed by atoms with Gasteiger partial charge in [0.15, 0.2) is 12.6 Å². The number of hydrogen-bond acceptors (Lipinski definition) is 24. The van der Waals surface area contributed by atoms with E-state index >= 15 is 0 Å². The number of thioether (sulfide) groups is 1. The van der Waals surface area contributed by atoms with Gasteiger partial charge >= 0.3 is 126 Å². The van der Waals surface area contributed by atoms with Crippen LogP contribution in [0.1, 0.15) is 58.3 Å². The van der Waals surface area contributed by atoms with Crippen molar-refractivity contribution in [3.63, 3.8) is 0 Å². The molecular weight excluding hydrogens is 1020 g/mol. The molecule has 3 unspecified atom stereocenters. The van der Waals surface area contributed by atoms with Crippen LogP contribution in [0.3, 0.4) is 0 Å². The van der Waals surface area contributed by atoms with Crippen molar-refractivity contribution in [1.29, 1.82) is 0 Å². The molecule has 0 aromatic carbocycles. The third kappa shape index (κ3) is 23.0. The number of ether oxygens (including phenoxy) is 4. The van der Waals surface area contributed by atoms with Crippen LogP contribution in [-0.4, -0.2) is 195 Å². The maximum absolute atomic E-state index is 12.5. The molecule has 67 heavy (non-hydrogen) atoms. The second-order valence-electron chi connectivity index (χ2n) is 14.8. The average molecular weight is 1070 g/mol. The third-order valence-electron chi connectivity index (χ3n) is 9.97. The van der Waals surface area contributed by atoms with Gasteiger partial charge in [0.05, 0.1) is 38.4 Å². The molecule has 4 saturated heterocycles. The minimum atomic E-state index is -5.57. The fourth-order valence-electron chi connectivity index (χ4n) is 7.08. The normalized spacial score (nSPS) is 31.7. The number of urea groups is 1. The Bertz CT molecular complexity index is 1980. The second kappa shape index (κ2) is 30.5. The molecule has 35 heteroatoms. The molecule has 13 atom stereocenters. The van der Waals surface area contributed by atoms with Gasteiger partial charge in [-0.1, -0.05) is 12.8 Å². The van der Waals surface area contributed by atoms with Crippen LogP contribution in [0, 0.1) is 0 Å². The zero-order chi connectivity index (χ0) is 47.4. The minimum absolute atomic E-state index is 0. The van der Waals surface area contributed by atoms with Crippen molar-refractivity contribution in [2.45, 2.75) is 137 Å². The summed E-state index contributed by atoms with van der Waals surface area (Å²) in [6.07, 6.45) is -15.0. The van der Waals surface area contributed by atoms with E-state index in [1.54, 1.807) is 11.8 Å². The molecule has 2 amide bonds. The average Bonchev–Trinajstić information content (AvgIpc) is 3.74. The summed E-state index contributed by atoms with van der Waals surface area (Å²) in [6, 6.07) is -1.82. The van der Waals surface area contributed by atoms with Gasteiger partial charge in [-0.25, -0.2) is 17.3 Å². The summed E-state index contributed by atoms with van der Waals surface area (Å²) in [5, 5.41) is 74.7. The van der Waals surface area contributed by atoms with Gasteiger partial charge in [0.25, 0.3) is 0 Å². The molecule has 4 rings (SSSR count). The van der Waals surface area contributed by atoms with Crippen LogP contribution < -0.4 is 115 Å². The minimum Gasteiger partial charge on any atom is -0.862 e. The van der Waals surface area contributed by atoms with Crippen molar-refractivity contribution >= 4 is 66.7 Å². The van der Waals surface area contributed by atoms with Gasteiger partial charge in [0.2, 0.25) is 0 Å². The maximum atomic E-state index is 12.5. The third-order valence-corrected chi connectivity index (χ3v) is 12.8. The Hall–Kier alpha value is 0.360. The Morgan fingerprint density at radius 2 is 1.33 bits per heavy atom. The maximum Gasteiger partial charge on any atom is 1.00 e. The zero-order valence-corrected chi connectivity index (χ0v) is 46.3. The first-order valence-electron chi connectivity index (χ1n) is 19.7. The Labute approximate surface area is 457 Å². The van der Waals surface area contributed by atoms with E-state index in [1.807, 2.05) is 0 Å². The molecular formula is C32H52N5Na3O23S4. The molecule has 0 bridgehead atoms. The molecule has 0 spiro atoms. The van der Waals surface area contributed by atoms with E-state index < -0.39 is 124 Å². The largest absolute Gasteiger partial charge is 1.00 e. The fourth-order valence-corrected chi connectivity index (χ4v) is 9.75. The number of unbranched alkanes of at least 4 members (excludes halogenated alkanes) is 3. The summed E-state index contributed by atoms with van der Waals surface area (Å²) >= 11 is 1.80. The zero-order valence-electron chi connectivity index (χ0n) is 37.0. The van der Waals surface area contributed by atoms with Crippen molar-refractivity contribution in [3.05, 3.63) is 0 Å². The van der Waals surface area contributed by atoms with Crippen LogP contribution in [0.5, 0.6) is 0 Å². The standard InChI is InChI=1S/C32H55N5O23S4.3Na/c1-16(38)35-24-29(59-31-27(43)26(42)25(41)18(57-31)13-55-62(45,46)47)28(60-64(51,52)53)19(14-56-63(48,49)50)58-30(24)54-12-11-34-22(40)8-3-2-6-10-33-21(39)9-5-4-7-20-23-17(15-61-20)36-32(44)37-23;;;/h17-20,23-31,41-43H,2-15H2,1H3,(H,33,39)(H,34,40)(H,35,38)(H2,36,37,44)(H,45,46,47)(H,48,49,50)(H,51,52,53);;;/q;3*+1/p-3/t17?,18-,19-,20?,23?,24-,25-,26+,27-,28+,29-,30-,31+;;;/m1.../s1. The number of hydrogen-bond donors (Lipinski definition) is 8. The monoisotopic (exact) mass is 1070 g/mol. The molecule has 0 saturated carbocycles. The van der Waals surface area contributed by atoms with Crippen molar-refractivity contribution in [1.82, 2.24) is 10.6 Å². The molecule has 28 nitrogen and oxygen atoms in total. The SMILES string of the molecule is CC([O-])=N[C@H]1[C@H](OCCN=C([O-])CCCCCN=C([O-])CCCCC2SCC3NC(=O)NC32)O[C@H](COS(=O)(=O)O)[C@H](OS(=O)(=O)O)[C@@H]1O[C@@H]1O[C@H](COS(=O)(=O)O)[C@@H](O)[C@H](O)[C@H]1O.[Na+].[Na+].[Na+]. The van der Waals surface area contributed by atoms with Crippen LogP contribution in [-0.2, 0) is 62.7 Å². The van der Waals surface area contributed by atoms with Gasteiger partial charge < -0.3 is 70.2 Å². The van der Waals surface area contributed by atoms with E-state index in [0.29, 0.717) is 37.4 Å². The molecule has 0 aromatic rings. The summed E-state index contributed by atoms with van der Waals surface area (Å²) in [5.74, 6) is -0.925. The predicted molar refractivity (Wildman–Crippen MR) is 212 cm³/mol. The van der Waals surface area contributed by atoms with Gasteiger partial charge in [-0.2, -0.15) is 37.0 Å². The Balaban J connectivity index is 0.00000748. The molecule has 4 heterocycles. The predicted octanol–water partition coefficient (Wildman–Crippen LogP) is -14.3. The van der Waals surface area contributed by atoms with Gasteiger partial charge in [-0.15, -0.1) is 0 Å². The number of aliphatic imine (C=N–C) groups is 3. The molecule has 0 aromatic heterocycles. The van der Waals surface area contributed by atoms with Crippen LogP contribution in [0.2, 0.25) is 0 Å². The number of aliphatic hydroxyl groups excluding tert-OH is 3. The number of carbonyl (C=O) groups is 1. The molecule has 4 aliphatic rings. The van der Waals surface area contributed by atoms with Gasteiger partial charge in [-0.3, -0.25) is 18.7 Å². The summed E-state index contributed by atoms with van der Waals surface area (Å²) in [7, 11) is -16.0. The summed E-state index contributed by atoms with van der Waals surface area (Å²) in [5.41, 5.74) is 0. The van der Waals surface area contributed by atoms with E-state index in [9.17, 15) is 69.8 Å². The van der Waals surface area contributed by atoms with Crippen LogP contribution in [0.4, 0.5) is 4.79 Å². The molecule has 0 radical (unpaired) electrons. The van der Waals surface area contributed by atoms with E-state index in [2.05, 4.69) is 38.2 Å². The van der Waals surface area contributed by atoms with Crippen molar-refractivity contribution < 1.29 is 195 Å². The molecule has 0 aliphatic carbocycles. The quantitative estimate of drug-likeness (QED) is 0.00996. The number of nitrogens with zero attached hydrogens (tertiary/aromatic N) is 3. The van der Waals surface area contributed by atoms with E-state index in [-0.39, 0.29) is 132 Å².